The molecule has 0 spiro atoms. The second-order valence-corrected chi connectivity index (χ2v) is 7.31. The smallest absolute Gasteiger partial charge is 0.261 e. The highest BCUT2D eigenvalue weighted by Gasteiger charge is 2.22. The van der Waals surface area contributed by atoms with E-state index in [1.54, 1.807) is 10.9 Å². The van der Waals surface area contributed by atoms with Gasteiger partial charge in [0.1, 0.15) is 23.8 Å². The Bertz CT molecular complexity index is 1020. The Morgan fingerprint density at radius 2 is 2.04 bits per heavy atom. The summed E-state index contributed by atoms with van der Waals surface area (Å²) in [5.41, 5.74) is 0.339. The minimum Gasteiger partial charge on any atom is -0.320 e. The van der Waals surface area contributed by atoms with Crippen molar-refractivity contribution in [3.63, 3.8) is 0 Å². The standard InChI is InChI=1S/C19H23FN6O/c1-13-22-17-9-15(20)3-4-16(17)19(27)26(13)10-14-5-7-25(8-6-14)11-18-23-21-12-24(18)2/h3-4,9,12,14H,5-8,10-11H2,1-2H3. The van der Waals surface area contributed by atoms with Crippen molar-refractivity contribution in [2.24, 2.45) is 13.0 Å². The van der Waals surface area contributed by atoms with E-state index in [2.05, 4.69) is 20.1 Å². The number of aryl methyl sites for hydroxylation is 2. The Kier molecular flexibility index (Phi) is 4.73. The van der Waals surface area contributed by atoms with Crippen molar-refractivity contribution in [2.75, 3.05) is 13.1 Å². The van der Waals surface area contributed by atoms with Crippen molar-refractivity contribution < 1.29 is 4.39 Å². The lowest BCUT2D eigenvalue weighted by molar-refractivity contribution is 0.161. The molecule has 0 saturated carbocycles. The molecule has 1 aromatic carbocycles. The molecule has 8 heteroatoms. The highest BCUT2D eigenvalue weighted by Crippen LogP contribution is 2.21. The first-order valence-electron chi connectivity index (χ1n) is 9.23. The van der Waals surface area contributed by atoms with E-state index >= 15 is 0 Å². The monoisotopic (exact) mass is 370 g/mol. The Labute approximate surface area is 156 Å². The predicted molar refractivity (Wildman–Crippen MR) is 99.7 cm³/mol. The summed E-state index contributed by atoms with van der Waals surface area (Å²) >= 11 is 0. The number of fused-ring (bicyclic) bond motifs is 1. The van der Waals surface area contributed by atoms with Gasteiger partial charge >= 0.3 is 0 Å². The van der Waals surface area contributed by atoms with Crippen LogP contribution in [0.3, 0.4) is 0 Å². The molecule has 1 fully saturated rings. The molecule has 27 heavy (non-hydrogen) atoms. The van der Waals surface area contributed by atoms with Crippen molar-refractivity contribution in [3.05, 3.63) is 52.3 Å². The topological polar surface area (TPSA) is 68.8 Å². The molecule has 0 N–H and O–H groups in total. The molecule has 142 valence electrons. The van der Waals surface area contributed by atoms with Gasteiger partial charge in [0.2, 0.25) is 0 Å². The first kappa shape index (κ1) is 17.8. The minimum atomic E-state index is -0.373. The second kappa shape index (κ2) is 7.19. The molecule has 0 radical (unpaired) electrons. The van der Waals surface area contributed by atoms with Crippen LogP contribution < -0.4 is 5.56 Å². The Balaban J connectivity index is 1.45. The van der Waals surface area contributed by atoms with Crippen molar-refractivity contribution in [3.8, 4) is 0 Å². The van der Waals surface area contributed by atoms with Crippen molar-refractivity contribution in [2.45, 2.75) is 32.9 Å². The fraction of sp³-hybridized carbons (Fsp3) is 0.474. The summed E-state index contributed by atoms with van der Waals surface area (Å²) in [4.78, 5) is 19.6. The van der Waals surface area contributed by atoms with Gasteiger partial charge in [0.15, 0.2) is 0 Å². The zero-order chi connectivity index (χ0) is 19.0. The number of aromatic nitrogens is 5. The normalized spacial score (nSPS) is 16.3. The minimum absolute atomic E-state index is 0.0842. The number of likely N-dealkylation sites (tertiary alicyclic amines) is 1. The van der Waals surface area contributed by atoms with Crippen LogP contribution in [0.15, 0.2) is 29.3 Å². The number of benzene rings is 1. The summed E-state index contributed by atoms with van der Waals surface area (Å²) in [7, 11) is 1.95. The zero-order valence-electron chi connectivity index (χ0n) is 15.6. The average Bonchev–Trinajstić information content (AvgIpc) is 3.04. The molecule has 4 rings (SSSR count). The molecule has 0 atom stereocenters. The summed E-state index contributed by atoms with van der Waals surface area (Å²) in [5, 5.41) is 8.55. The average molecular weight is 370 g/mol. The van der Waals surface area contributed by atoms with E-state index in [1.807, 2.05) is 18.5 Å². The number of halogens is 1. The number of nitrogens with zero attached hydrogens (tertiary/aromatic N) is 6. The summed E-state index contributed by atoms with van der Waals surface area (Å²) in [6, 6.07) is 4.16. The maximum Gasteiger partial charge on any atom is 0.261 e. The summed E-state index contributed by atoms with van der Waals surface area (Å²) < 4.78 is 17.1. The third kappa shape index (κ3) is 3.62. The van der Waals surface area contributed by atoms with Gasteiger partial charge < -0.3 is 4.57 Å². The van der Waals surface area contributed by atoms with E-state index in [9.17, 15) is 9.18 Å². The van der Waals surface area contributed by atoms with Crippen LogP contribution in [0.1, 0.15) is 24.5 Å². The van der Waals surface area contributed by atoms with Gasteiger partial charge in [-0.3, -0.25) is 14.3 Å². The van der Waals surface area contributed by atoms with E-state index in [1.165, 1.54) is 18.2 Å². The number of hydrogen-bond acceptors (Lipinski definition) is 5. The van der Waals surface area contributed by atoms with Crippen LogP contribution in [0.4, 0.5) is 4.39 Å². The first-order valence-corrected chi connectivity index (χ1v) is 9.23. The SMILES string of the molecule is Cc1nc2cc(F)ccc2c(=O)n1CC1CCN(Cc2nncn2C)CC1. The molecule has 1 saturated heterocycles. The quantitative estimate of drug-likeness (QED) is 0.701. The fourth-order valence-corrected chi connectivity index (χ4v) is 3.76. The molecule has 0 bridgehead atoms. The van der Waals surface area contributed by atoms with Crippen LogP contribution in [0.2, 0.25) is 0 Å². The van der Waals surface area contributed by atoms with Crippen LogP contribution >= 0.6 is 0 Å². The molecular weight excluding hydrogens is 347 g/mol. The van der Waals surface area contributed by atoms with Crippen LogP contribution in [0.5, 0.6) is 0 Å². The largest absolute Gasteiger partial charge is 0.320 e. The van der Waals surface area contributed by atoms with Gasteiger partial charge in [-0.05, 0) is 50.9 Å². The molecular formula is C19H23FN6O. The molecule has 3 heterocycles. The van der Waals surface area contributed by atoms with Gasteiger partial charge in [-0.25, -0.2) is 9.37 Å². The molecule has 7 nitrogen and oxygen atoms in total. The maximum atomic E-state index is 13.4. The molecule has 0 aliphatic carbocycles. The predicted octanol–water partition coefficient (Wildman–Crippen LogP) is 1.88. The molecule has 1 aliphatic rings. The van der Waals surface area contributed by atoms with Gasteiger partial charge in [0, 0.05) is 19.7 Å². The molecule has 1 aliphatic heterocycles. The lowest BCUT2D eigenvalue weighted by atomic mass is 9.96. The third-order valence-electron chi connectivity index (χ3n) is 5.43. The lowest BCUT2D eigenvalue weighted by Crippen LogP contribution is -2.37. The van der Waals surface area contributed by atoms with Gasteiger partial charge in [-0.15, -0.1) is 10.2 Å². The number of rotatable bonds is 4. The van der Waals surface area contributed by atoms with Gasteiger partial charge in [0.05, 0.1) is 17.4 Å². The Hall–Kier alpha value is -2.61. The summed E-state index contributed by atoms with van der Waals surface area (Å²) in [5.74, 6) is 1.66. The van der Waals surface area contributed by atoms with Gasteiger partial charge in [-0.2, -0.15) is 0 Å². The molecule has 0 unspecified atom stereocenters. The fourth-order valence-electron chi connectivity index (χ4n) is 3.76. The highest BCUT2D eigenvalue weighted by molar-refractivity contribution is 5.77. The van der Waals surface area contributed by atoms with E-state index in [4.69, 9.17) is 0 Å². The third-order valence-corrected chi connectivity index (χ3v) is 5.43. The van der Waals surface area contributed by atoms with Crippen LogP contribution in [0, 0.1) is 18.7 Å². The lowest BCUT2D eigenvalue weighted by Gasteiger charge is -2.32. The Morgan fingerprint density at radius 3 is 2.74 bits per heavy atom. The second-order valence-electron chi connectivity index (χ2n) is 7.31. The van der Waals surface area contributed by atoms with E-state index in [0.29, 0.717) is 29.2 Å². The van der Waals surface area contributed by atoms with Gasteiger partial charge in [0.25, 0.3) is 5.56 Å². The van der Waals surface area contributed by atoms with Crippen molar-refractivity contribution >= 4 is 10.9 Å². The number of piperidine rings is 1. The summed E-state index contributed by atoms with van der Waals surface area (Å²) in [6.07, 6.45) is 3.76. The van der Waals surface area contributed by atoms with Gasteiger partial charge in [-0.1, -0.05) is 0 Å². The summed E-state index contributed by atoms with van der Waals surface area (Å²) in [6.45, 7) is 5.21. The van der Waals surface area contributed by atoms with Crippen molar-refractivity contribution in [1.29, 1.82) is 0 Å². The molecule has 2 aromatic heterocycles. The molecule has 3 aromatic rings. The highest BCUT2D eigenvalue weighted by atomic mass is 19.1. The maximum absolute atomic E-state index is 13.4. The molecule has 0 amide bonds. The van der Waals surface area contributed by atoms with Crippen LogP contribution in [0.25, 0.3) is 10.9 Å². The number of hydrogen-bond donors (Lipinski definition) is 0. The van der Waals surface area contributed by atoms with E-state index in [-0.39, 0.29) is 11.4 Å². The zero-order valence-corrected chi connectivity index (χ0v) is 15.6. The van der Waals surface area contributed by atoms with Crippen LogP contribution in [-0.4, -0.2) is 42.3 Å². The van der Waals surface area contributed by atoms with Crippen molar-refractivity contribution in [1.82, 2.24) is 29.2 Å². The first-order chi connectivity index (χ1) is 13.0. The Morgan fingerprint density at radius 1 is 1.26 bits per heavy atom. The van der Waals surface area contributed by atoms with E-state index in [0.717, 1.165) is 38.3 Å². The van der Waals surface area contributed by atoms with Crippen LogP contribution in [-0.2, 0) is 20.1 Å². The van der Waals surface area contributed by atoms with E-state index < -0.39 is 0 Å².